The van der Waals surface area contributed by atoms with Crippen LogP contribution in [0.5, 0.6) is 0 Å². The van der Waals surface area contributed by atoms with E-state index in [-0.39, 0.29) is 5.69 Å². The van der Waals surface area contributed by atoms with Crippen LogP contribution in [0.3, 0.4) is 0 Å². The van der Waals surface area contributed by atoms with E-state index >= 15 is 0 Å². The number of rotatable bonds is 2. The fraction of sp³-hybridized carbons (Fsp3) is 0.125. The maximum Gasteiger partial charge on any atom is 0.325 e. The molecular weight excluding hydrogens is 192 g/mol. The van der Waals surface area contributed by atoms with Gasteiger partial charge in [-0.15, -0.1) is 0 Å². The number of aliphatic carboxylic acids is 1. The highest BCUT2D eigenvalue weighted by atomic mass is 35.5. The molecule has 0 aliphatic carbocycles. The van der Waals surface area contributed by atoms with Crippen LogP contribution in [-0.4, -0.2) is 11.1 Å². The van der Waals surface area contributed by atoms with Gasteiger partial charge in [0.05, 0.1) is 10.7 Å². The number of carboxylic acid groups (broad SMARTS) is 1. The van der Waals surface area contributed by atoms with E-state index in [1.807, 2.05) is 0 Å². The third-order valence-electron chi connectivity index (χ3n) is 1.69. The first-order valence-electron chi connectivity index (χ1n) is 3.56. The first kappa shape index (κ1) is 9.83. The Morgan fingerprint density at radius 3 is 2.69 bits per heavy atom. The number of nitrogen functional groups attached to an aromatic ring is 1. The van der Waals surface area contributed by atoms with Gasteiger partial charge in [-0.2, -0.15) is 0 Å². The molecule has 5 heteroatoms. The Labute approximate surface area is 80.1 Å². The van der Waals surface area contributed by atoms with Crippen molar-refractivity contribution in [3.63, 3.8) is 0 Å². The van der Waals surface area contributed by atoms with E-state index in [0.29, 0.717) is 10.6 Å². The standard InChI is InChI=1S/C8H9ClN2O2/c9-5-3-1-2-4(6(5)10)7(11)8(12)13/h1-3,7H,10-11H2,(H,12,13)/t7-/m0/s1. The summed E-state index contributed by atoms with van der Waals surface area (Å²) in [6, 6.07) is 3.60. The van der Waals surface area contributed by atoms with Gasteiger partial charge in [0.25, 0.3) is 0 Å². The summed E-state index contributed by atoms with van der Waals surface area (Å²) in [4.78, 5) is 10.5. The summed E-state index contributed by atoms with van der Waals surface area (Å²) < 4.78 is 0. The van der Waals surface area contributed by atoms with Gasteiger partial charge in [0.1, 0.15) is 6.04 Å². The monoisotopic (exact) mass is 200 g/mol. The lowest BCUT2D eigenvalue weighted by Gasteiger charge is -2.10. The molecule has 5 N–H and O–H groups in total. The topological polar surface area (TPSA) is 89.3 Å². The highest BCUT2D eigenvalue weighted by molar-refractivity contribution is 6.33. The van der Waals surface area contributed by atoms with Gasteiger partial charge in [0, 0.05) is 5.56 Å². The zero-order chi connectivity index (χ0) is 10.0. The Balaban J connectivity index is 3.15. The van der Waals surface area contributed by atoms with E-state index in [1.54, 1.807) is 18.2 Å². The molecule has 0 radical (unpaired) electrons. The SMILES string of the molecule is Nc1c(Cl)cccc1[C@H](N)C(=O)O. The molecule has 0 amide bonds. The molecule has 0 aromatic heterocycles. The largest absolute Gasteiger partial charge is 0.480 e. The normalized spacial score (nSPS) is 12.5. The van der Waals surface area contributed by atoms with Gasteiger partial charge in [-0.25, -0.2) is 0 Å². The maximum atomic E-state index is 10.5. The average Bonchev–Trinajstić information content (AvgIpc) is 2.08. The number of para-hydroxylation sites is 1. The van der Waals surface area contributed by atoms with E-state index in [0.717, 1.165) is 0 Å². The van der Waals surface area contributed by atoms with Crippen LogP contribution in [0.4, 0.5) is 5.69 Å². The number of nitrogens with two attached hydrogens (primary N) is 2. The van der Waals surface area contributed by atoms with Crippen LogP contribution in [-0.2, 0) is 4.79 Å². The minimum absolute atomic E-state index is 0.221. The molecule has 1 rings (SSSR count). The summed E-state index contributed by atoms with van der Waals surface area (Å²) in [6.07, 6.45) is 0. The van der Waals surface area contributed by atoms with Gasteiger partial charge in [0.2, 0.25) is 0 Å². The molecule has 4 nitrogen and oxygen atoms in total. The number of halogens is 1. The van der Waals surface area contributed by atoms with E-state index < -0.39 is 12.0 Å². The molecule has 0 aliphatic rings. The Morgan fingerprint density at radius 1 is 1.54 bits per heavy atom. The second-order valence-corrected chi connectivity index (χ2v) is 2.97. The number of anilines is 1. The Kier molecular flexibility index (Phi) is 2.75. The summed E-state index contributed by atoms with van der Waals surface area (Å²) in [7, 11) is 0. The maximum absolute atomic E-state index is 10.5. The van der Waals surface area contributed by atoms with Crippen molar-refractivity contribution in [2.45, 2.75) is 6.04 Å². The van der Waals surface area contributed by atoms with Crippen molar-refractivity contribution in [3.8, 4) is 0 Å². The molecule has 0 unspecified atom stereocenters. The predicted molar refractivity (Wildman–Crippen MR) is 50.4 cm³/mol. The number of carboxylic acids is 1. The van der Waals surface area contributed by atoms with Crippen molar-refractivity contribution in [1.29, 1.82) is 0 Å². The molecule has 1 aromatic carbocycles. The van der Waals surface area contributed by atoms with Crippen molar-refractivity contribution in [3.05, 3.63) is 28.8 Å². The molecule has 70 valence electrons. The summed E-state index contributed by atoms with van der Waals surface area (Å²) in [6.45, 7) is 0. The first-order valence-corrected chi connectivity index (χ1v) is 3.94. The molecule has 0 aliphatic heterocycles. The quantitative estimate of drug-likeness (QED) is 0.622. The Hall–Kier alpha value is -1.26. The van der Waals surface area contributed by atoms with Crippen LogP contribution in [0.25, 0.3) is 0 Å². The Bertz CT molecular complexity index is 341. The van der Waals surface area contributed by atoms with Crippen LogP contribution in [0.1, 0.15) is 11.6 Å². The molecule has 0 bridgehead atoms. The Morgan fingerprint density at radius 2 is 2.15 bits per heavy atom. The van der Waals surface area contributed by atoms with Crippen LogP contribution >= 0.6 is 11.6 Å². The third-order valence-corrected chi connectivity index (χ3v) is 2.02. The highest BCUT2D eigenvalue weighted by Crippen LogP contribution is 2.26. The van der Waals surface area contributed by atoms with Crippen LogP contribution in [0, 0.1) is 0 Å². The van der Waals surface area contributed by atoms with Crippen molar-refractivity contribution >= 4 is 23.3 Å². The first-order chi connectivity index (χ1) is 6.04. The molecule has 1 aromatic rings. The third kappa shape index (κ3) is 1.91. The molecule has 0 heterocycles. The molecule has 0 spiro atoms. The smallest absolute Gasteiger partial charge is 0.325 e. The van der Waals surface area contributed by atoms with Crippen molar-refractivity contribution in [1.82, 2.24) is 0 Å². The lowest BCUT2D eigenvalue weighted by Crippen LogP contribution is -2.21. The number of hydrogen-bond donors (Lipinski definition) is 3. The summed E-state index contributed by atoms with van der Waals surface area (Å²) in [5, 5.41) is 8.94. The van der Waals surface area contributed by atoms with E-state index in [2.05, 4.69) is 0 Å². The van der Waals surface area contributed by atoms with Gasteiger partial charge in [0.15, 0.2) is 0 Å². The molecular formula is C8H9ClN2O2. The van der Waals surface area contributed by atoms with Gasteiger partial charge in [-0.3, -0.25) is 4.79 Å². The van der Waals surface area contributed by atoms with E-state index in [4.69, 9.17) is 28.2 Å². The summed E-state index contributed by atoms with van der Waals surface area (Å²) in [5.41, 5.74) is 11.5. The van der Waals surface area contributed by atoms with Crippen molar-refractivity contribution < 1.29 is 9.90 Å². The van der Waals surface area contributed by atoms with Crippen LogP contribution in [0.2, 0.25) is 5.02 Å². The fourth-order valence-corrected chi connectivity index (χ4v) is 1.14. The van der Waals surface area contributed by atoms with Crippen LogP contribution < -0.4 is 11.5 Å². The molecule has 0 saturated heterocycles. The lowest BCUT2D eigenvalue weighted by atomic mass is 10.1. The number of hydrogen-bond acceptors (Lipinski definition) is 3. The lowest BCUT2D eigenvalue weighted by molar-refractivity contribution is -0.138. The number of carbonyl (C=O) groups is 1. The molecule has 13 heavy (non-hydrogen) atoms. The second kappa shape index (κ2) is 3.64. The minimum Gasteiger partial charge on any atom is -0.480 e. The van der Waals surface area contributed by atoms with Gasteiger partial charge in [-0.1, -0.05) is 23.7 Å². The zero-order valence-corrected chi connectivity index (χ0v) is 7.45. The van der Waals surface area contributed by atoms with Crippen LogP contribution in [0.15, 0.2) is 18.2 Å². The van der Waals surface area contributed by atoms with E-state index in [9.17, 15) is 4.79 Å². The summed E-state index contributed by atoms with van der Waals surface area (Å²) in [5.74, 6) is -1.13. The fourth-order valence-electron chi connectivity index (χ4n) is 0.958. The minimum atomic E-state index is -1.13. The van der Waals surface area contributed by atoms with Gasteiger partial charge < -0.3 is 16.6 Å². The molecule has 1 atom stereocenters. The summed E-state index contributed by atoms with van der Waals surface area (Å²) >= 11 is 5.69. The second-order valence-electron chi connectivity index (χ2n) is 2.56. The number of benzene rings is 1. The highest BCUT2D eigenvalue weighted by Gasteiger charge is 2.17. The van der Waals surface area contributed by atoms with Crippen molar-refractivity contribution in [2.75, 3.05) is 5.73 Å². The zero-order valence-electron chi connectivity index (χ0n) is 6.70. The van der Waals surface area contributed by atoms with E-state index in [1.165, 1.54) is 0 Å². The predicted octanol–water partition coefficient (Wildman–Crippen LogP) is 1.01. The molecule has 0 saturated carbocycles. The van der Waals surface area contributed by atoms with Crippen molar-refractivity contribution in [2.24, 2.45) is 5.73 Å². The average molecular weight is 201 g/mol. The van der Waals surface area contributed by atoms with Gasteiger partial charge >= 0.3 is 5.97 Å². The van der Waals surface area contributed by atoms with Gasteiger partial charge in [-0.05, 0) is 6.07 Å². The molecule has 0 fully saturated rings.